The first-order chi connectivity index (χ1) is 23.3. The van der Waals surface area contributed by atoms with Gasteiger partial charge in [0.15, 0.2) is 6.10 Å². The maximum Gasteiger partial charge on any atom is 0.469 e. The summed E-state index contributed by atoms with van der Waals surface area (Å²) < 4.78 is 26.2. The zero-order valence-corrected chi connectivity index (χ0v) is 31.3. The highest BCUT2D eigenvalue weighted by molar-refractivity contribution is 7.46. The van der Waals surface area contributed by atoms with Gasteiger partial charge in [-0.05, 0) is 70.6 Å². The van der Waals surface area contributed by atoms with E-state index >= 15 is 0 Å². The lowest BCUT2D eigenvalue weighted by atomic mass is 10.1. The maximum atomic E-state index is 12.3. The molecule has 9 heteroatoms. The number of ether oxygens (including phenoxy) is 2. The number of hydrogen-bond acceptors (Lipinski definition) is 6. The zero-order valence-electron chi connectivity index (χ0n) is 30.4. The fourth-order valence-corrected chi connectivity index (χ4v) is 5.33. The van der Waals surface area contributed by atoms with E-state index in [4.69, 9.17) is 19.3 Å². The number of carbonyl (C=O) groups is 2. The number of phosphoric acid groups is 1. The smallest absolute Gasteiger partial charge is 0.462 e. The SMILES string of the molecule is CCCCCC/C=C/CCCCCCCC(=O)OC[C@H](COP(=O)(O)O)OC(=O)CCC/C=C/C/C=C/C/C=C/CCCCCCCC. The third-order valence-electron chi connectivity index (χ3n) is 7.82. The third-order valence-corrected chi connectivity index (χ3v) is 8.31. The minimum absolute atomic E-state index is 0.138. The van der Waals surface area contributed by atoms with E-state index in [9.17, 15) is 14.2 Å². The molecule has 0 radical (unpaired) electrons. The van der Waals surface area contributed by atoms with Crippen LogP contribution in [0.5, 0.6) is 0 Å². The Morgan fingerprint density at radius 2 is 0.958 bits per heavy atom. The van der Waals surface area contributed by atoms with Gasteiger partial charge in [0.05, 0.1) is 6.61 Å². The summed E-state index contributed by atoms with van der Waals surface area (Å²) in [4.78, 5) is 42.6. The van der Waals surface area contributed by atoms with Crippen molar-refractivity contribution in [2.75, 3.05) is 13.2 Å². The normalized spacial score (nSPS) is 13.0. The Bertz CT molecular complexity index is 921. The molecule has 0 amide bonds. The fourth-order valence-electron chi connectivity index (χ4n) is 4.97. The van der Waals surface area contributed by atoms with E-state index in [1.54, 1.807) is 0 Å². The number of unbranched alkanes of at least 4 members (excludes halogenated alkanes) is 16. The lowest BCUT2D eigenvalue weighted by Crippen LogP contribution is -2.29. The summed E-state index contributed by atoms with van der Waals surface area (Å²) in [5.74, 6) is -0.959. The van der Waals surface area contributed by atoms with Crippen molar-refractivity contribution in [3.8, 4) is 0 Å². The number of rotatable bonds is 34. The van der Waals surface area contributed by atoms with Crippen LogP contribution in [0.1, 0.15) is 168 Å². The lowest BCUT2D eigenvalue weighted by molar-refractivity contribution is -0.161. The number of phosphoric ester groups is 1. The monoisotopic (exact) mass is 696 g/mol. The Hall–Kier alpha value is -1.99. The van der Waals surface area contributed by atoms with Crippen LogP contribution < -0.4 is 0 Å². The molecule has 1 atom stereocenters. The van der Waals surface area contributed by atoms with Crippen LogP contribution in [-0.4, -0.2) is 41.0 Å². The maximum absolute atomic E-state index is 12.3. The van der Waals surface area contributed by atoms with Gasteiger partial charge >= 0.3 is 19.8 Å². The lowest BCUT2D eigenvalue weighted by Gasteiger charge is -2.18. The highest BCUT2D eigenvalue weighted by atomic mass is 31.2. The predicted octanol–water partition coefficient (Wildman–Crippen LogP) is 11.2. The molecule has 0 saturated heterocycles. The Kier molecular flexibility index (Phi) is 33.4. The van der Waals surface area contributed by atoms with Crippen LogP contribution in [0.15, 0.2) is 48.6 Å². The average Bonchev–Trinajstić information content (AvgIpc) is 3.05. The van der Waals surface area contributed by atoms with E-state index in [2.05, 4.69) is 60.9 Å². The van der Waals surface area contributed by atoms with Crippen LogP contribution in [0.4, 0.5) is 0 Å². The first-order valence-electron chi connectivity index (χ1n) is 18.9. The highest BCUT2D eigenvalue weighted by Gasteiger charge is 2.22. The minimum atomic E-state index is -4.76. The van der Waals surface area contributed by atoms with Crippen molar-refractivity contribution in [3.05, 3.63) is 48.6 Å². The van der Waals surface area contributed by atoms with Crippen molar-refractivity contribution in [2.24, 2.45) is 0 Å². The fraction of sp³-hybridized carbons (Fsp3) is 0.744. The molecule has 0 aromatic rings. The molecular weight excluding hydrogens is 627 g/mol. The number of hydrogen-bond donors (Lipinski definition) is 2. The molecule has 0 aromatic carbocycles. The van der Waals surface area contributed by atoms with Crippen molar-refractivity contribution in [1.82, 2.24) is 0 Å². The first kappa shape index (κ1) is 46.0. The molecule has 8 nitrogen and oxygen atoms in total. The van der Waals surface area contributed by atoms with Crippen LogP contribution in [0, 0.1) is 0 Å². The van der Waals surface area contributed by atoms with Crippen molar-refractivity contribution in [1.29, 1.82) is 0 Å². The second kappa shape index (κ2) is 34.9. The average molecular weight is 697 g/mol. The largest absolute Gasteiger partial charge is 0.469 e. The van der Waals surface area contributed by atoms with Gasteiger partial charge in [0.1, 0.15) is 6.61 Å². The summed E-state index contributed by atoms with van der Waals surface area (Å²) in [6, 6.07) is 0. The Morgan fingerprint density at radius 1 is 0.542 bits per heavy atom. The van der Waals surface area contributed by atoms with Crippen LogP contribution in [0.3, 0.4) is 0 Å². The summed E-state index contributed by atoms with van der Waals surface area (Å²) in [5.41, 5.74) is 0. The van der Waals surface area contributed by atoms with Crippen molar-refractivity contribution < 1.29 is 37.9 Å². The Morgan fingerprint density at radius 3 is 1.50 bits per heavy atom. The molecule has 48 heavy (non-hydrogen) atoms. The molecule has 2 N–H and O–H groups in total. The summed E-state index contributed by atoms with van der Waals surface area (Å²) in [6.45, 7) is 3.60. The molecule has 0 rings (SSSR count). The third kappa shape index (κ3) is 36.8. The molecule has 0 unspecified atom stereocenters. The topological polar surface area (TPSA) is 119 Å². The van der Waals surface area contributed by atoms with E-state index < -0.39 is 32.5 Å². The van der Waals surface area contributed by atoms with E-state index in [1.807, 2.05) is 6.08 Å². The second-order valence-corrected chi connectivity index (χ2v) is 13.8. The van der Waals surface area contributed by atoms with Crippen LogP contribution in [0.2, 0.25) is 0 Å². The zero-order chi connectivity index (χ0) is 35.4. The molecule has 0 aliphatic heterocycles. The van der Waals surface area contributed by atoms with Crippen molar-refractivity contribution in [3.63, 3.8) is 0 Å². The van der Waals surface area contributed by atoms with E-state index in [1.165, 1.54) is 70.6 Å². The van der Waals surface area contributed by atoms with Gasteiger partial charge in [0.2, 0.25) is 0 Å². The molecule has 0 saturated carbocycles. The number of esters is 2. The van der Waals surface area contributed by atoms with Gasteiger partial charge in [0.25, 0.3) is 0 Å². The molecule has 0 heterocycles. The number of carbonyl (C=O) groups excluding carboxylic acids is 2. The minimum Gasteiger partial charge on any atom is -0.462 e. The van der Waals surface area contributed by atoms with Crippen LogP contribution in [0.25, 0.3) is 0 Å². The first-order valence-corrected chi connectivity index (χ1v) is 20.5. The Labute approximate surface area is 293 Å². The molecule has 0 fully saturated rings. The molecular formula is C39H69O8P. The predicted molar refractivity (Wildman–Crippen MR) is 198 cm³/mol. The molecule has 0 spiro atoms. The molecule has 278 valence electrons. The molecule has 0 aliphatic rings. The Balaban J connectivity index is 4.08. The number of allylic oxidation sites excluding steroid dienone is 8. The summed E-state index contributed by atoms with van der Waals surface area (Å²) in [6.07, 6.45) is 41.2. The van der Waals surface area contributed by atoms with Crippen LogP contribution in [-0.2, 0) is 28.2 Å². The second-order valence-electron chi connectivity index (χ2n) is 12.5. The van der Waals surface area contributed by atoms with Gasteiger partial charge < -0.3 is 19.3 Å². The summed E-state index contributed by atoms with van der Waals surface area (Å²) in [7, 11) is -4.76. The molecule has 0 bridgehead atoms. The molecule has 0 aromatic heterocycles. The molecule has 0 aliphatic carbocycles. The standard InChI is InChI=1S/C39H69O8P/c1-3-5-7-9-11-13-15-17-18-19-20-22-24-26-28-30-32-34-39(41)47-37(36-46-48(42,43)44)35-45-38(40)33-31-29-27-25-23-21-16-14-12-10-8-6-4-2/h14,16-18,20,22,26,28,37H,3-13,15,19,21,23-25,27,29-36H2,1-2H3,(H2,42,43,44)/b16-14+,18-17+,22-20+,28-26+/t37-/m1/s1. The summed E-state index contributed by atoms with van der Waals surface area (Å²) in [5, 5.41) is 0. The van der Waals surface area contributed by atoms with Crippen LogP contribution >= 0.6 is 7.82 Å². The van der Waals surface area contributed by atoms with Gasteiger partial charge in [-0.15, -0.1) is 0 Å². The van der Waals surface area contributed by atoms with Crippen molar-refractivity contribution >= 4 is 19.8 Å². The summed E-state index contributed by atoms with van der Waals surface area (Å²) >= 11 is 0. The van der Waals surface area contributed by atoms with Crippen molar-refractivity contribution in [2.45, 2.75) is 174 Å². The van der Waals surface area contributed by atoms with E-state index in [0.29, 0.717) is 19.3 Å². The van der Waals surface area contributed by atoms with Gasteiger partial charge in [-0.1, -0.05) is 133 Å². The van der Waals surface area contributed by atoms with E-state index in [0.717, 1.165) is 51.4 Å². The highest BCUT2D eigenvalue weighted by Crippen LogP contribution is 2.35. The van der Waals surface area contributed by atoms with Gasteiger partial charge in [-0.25, -0.2) is 4.57 Å². The quantitative estimate of drug-likeness (QED) is 0.0295. The van der Waals surface area contributed by atoms with Gasteiger partial charge in [-0.2, -0.15) is 0 Å². The van der Waals surface area contributed by atoms with Gasteiger partial charge in [-0.3, -0.25) is 14.1 Å². The van der Waals surface area contributed by atoms with E-state index in [-0.39, 0.29) is 19.4 Å². The van der Waals surface area contributed by atoms with Gasteiger partial charge in [0, 0.05) is 12.8 Å².